The number of carbonyl (C=O) groups excluding carboxylic acids is 1. The first-order chi connectivity index (χ1) is 13.9. The molecule has 3 heterocycles. The summed E-state index contributed by atoms with van der Waals surface area (Å²) in [6.45, 7) is 4.03. The minimum atomic E-state index is -0.473. The SMILES string of the molecule is Cc1cc(N2CCCC2)ccc1NC(=O)Cn1cnc2c1c(=O)n(C)c(=O)n2C. The Kier molecular flexibility index (Phi) is 4.73. The highest BCUT2D eigenvalue weighted by Gasteiger charge is 2.17. The molecule has 1 amide bonds. The number of aryl methyl sites for hydroxylation is 2. The second kappa shape index (κ2) is 7.23. The summed E-state index contributed by atoms with van der Waals surface area (Å²) < 4.78 is 3.78. The molecule has 1 aromatic carbocycles. The Labute approximate surface area is 167 Å². The fraction of sp³-hybridized carbons (Fsp3) is 0.400. The lowest BCUT2D eigenvalue weighted by Crippen LogP contribution is -2.37. The first kappa shape index (κ1) is 19.0. The lowest BCUT2D eigenvalue weighted by molar-refractivity contribution is -0.116. The Morgan fingerprint density at radius 3 is 2.55 bits per heavy atom. The van der Waals surface area contributed by atoms with Crippen molar-refractivity contribution in [1.29, 1.82) is 0 Å². The van der Waals surface area contributed by atoms with E-state index in [4.69, 9.17) is 0 Å². The molecule has 0 radical (unpaired) electrons. The van der Waals surface area contributed by atoms with Crippen LogP contribution in [-0.4, -0.2) is 37.7 Å². The molecule has 9 nitrogen and oxygen atoms in total. The number of fused-ring (bicyclic) bond motifs is 1. The van der Waals surface area contributed by atoms with Crippen LogP contribution in [0.3, 0.4) is 0 Å². The number of nitrogens with one attached hydrogen (secondary N) is 1. The van der Waals surface area contributed by atoms with Crippen LogP contribution in [0.15, 0.2) is 34.1 Å². The fourth-order valence-corrected chi connectivity index (χ4v) is 3.82. The average molecular weight is 396 g/mol. The van der Waals surface area contributed by atoms with Crippen LogP contribution < -0.4 is 21.5 Å². The first-order valence-electron chi connectivity index (χ1n) is 9.63. The minimum Gasteiger partial charge on any atom is -0.372 e. The summed E-state index contributed by atoms with van der Waals surface area (Å²) in [5, 5.41) is 2.91. The third-order valence-electron chi connectivity index (χ3n) is 5.49. The van der Waals surface area contributed by atoms with Gasteiger partial charge in [0.2, 0.25) is 5.91 Å². The topological polar surface area (TPSA) is 94.2 Å². The Morgan fingerprint density at radius 1 is 1.14 bits per heavy atom. The van der Waals surface area contributed by atoms with Crippen LogP contribution in [0.1, 0.15) is 18.4 Å². The minimum absolute atomic E-state index is 0.0722. The van der Waals surface area contributed by atoms with Gasteiger partial charge in [0.05, 0.1) is 6.33 Å². The second-order valence-corrected chi connectivity index (χ2v) is 7.49. The summed E-state index contributed by atoms with van der Waals surface area (Å²) in [6.07, 6.45) is 3.83. The van der Waals surface area contributed by atoms with E-state index in [1.54, 1.807) is 7.05 Å². The Bertz CT molecular complexity index is 1210. The summed E-state index contributed by atoms with van der Waals surface area (Å²) in [6, 6.07) is 6.01. The van der Waals surface area contributed by atoms with Gasteiger partial charge in [0.15, 0.2) is 11.2 Å². The van der Waals surface area contributed by atoms with Gasteiger partial charge in [-0.2, -0.15) is 0 Å². The van der Waals surface area contributed by atoms with Crippen LogP contribution in [0.4, 0.5) is 11.4 Å². The fourth-order valence-electron chi connectivity index (χ4n) is 3.82. The van der Waals surface area contributed by atoms with Crippen molar-refractivity contribution < 1.29 is 4.79 Å². The summed E-state index contributed by atoms with van der Waals surface area (Å²) in [4.78, 5) is 43.6. The number of aromatic nitrogens is 4. The molecule has 0 aliphatic carbocycles. The van der Waals surface area contributed by atoms with Crippen molar-refractivity contribution in [3.05, 3.63) is 50.9 Å². The van der Waals surface area contributed by atoms with E-state index >= 15 is 0 Å². The molecule has 3 aromatic rings. The summed E-state index contributed by atoms with van der Waals surface area (Å²) in [7, 11) is 2.96. The molecular weight excluding hydrogens is 372 g/mol. The number of hydrogen-bond acceptors (Lipinski definition) is 5. The van der Waals surface area contributed by atoms with Crippen LogP contribution in [0.25, 0.3) is 11.2 Å². The molecule has 0 atom stereocenters. The molecule has 0 bridgehead atoms. The van der Waals surface area contributed by atoms with E-state index in [1.165, 1.54) is 41.0 Å². The van der Waals surface area contributed by atoms with Crippen LogP contribution in [0.5, 0.6) is 0 Å². The predicted molar refractivity (Wildman–Crippen MR) is 111 cm³/mol. The van der Waals surface area contributed by atoms with Gasteiger partial charge >= 0.3 is 5.69 Å². The Hall–Kier alpha value is -3.36. The molecule has 9 heteroatoms. The van der Waals surface area contributed by atoms with Gasteiger partial charge in [-0.15, -0.1) is 0 Å². The predicted octanol–water partition coefficient (Wildman–Crippen LogP) is 0.981. The van der Waals surface area contributed by atoms with Crippen molar-refractivity contribution in [3.63, 3.8) is 0 Å². The summed E-state index contributed by atoms with van der Waals surface area (Å²) >= 11 is 0. The van der Waals surface area contributed by atoms with Crippen molar-refractivity contribution in [2.45, 2.75) is 26.3 Å². The third-order valence-corrected chi connectivity index (χ3v) is 5.49. The highest BCUT2D eigenvalue weighted by molar-refractivity contribution is 5.92. The van der Waals surface area contributed by atoms with E-state index in [9.17, 15) is 14.4 Å². The monoisotopic (exact) mass is 396 g/mol. The standard InChI is InChI=1S/C20H24N6O3/c1-13-10-14(25-8-4-5-9-25)6-7-15(13)22-16(27)11-26-12-21-18-17(26)19(28)24(3)20(29)23(18)2/h6-7,10,12H,4-5,8-9,11H2,1-3H3,(H,22,27). The normalized spacial score (nSPS) is 14.0. The van der Waals surface area contributed by atoms with Gasteiger partial charge in [-0.1, -0.05) is 0 Å². The molecule has 1 aliphatic heterocycles. The van der Waals surface area contributed by atoms with Gasteiger partial charge in [-0.3, -0.25) is 18.7 Å². The smallest absolute Gasteiger partial charge is 0.332 e. The van der Waals surface area contributed by atoms with E-state index in [-0.39, 0.29) is 23.6 Å². The quantitative estimate of drug-likeness (QED) is 0.710. The van der Waals surface area contributed by atoms with Crippen molar-refractivity contribution in [3.8, 4) is 0 Å². The van der Waals surface area contributed by atoms with Gasteiger partial charge in [0.1, 0.15) is 6.54 Å². The molecule has 0 unspecified atom stereocenters. The van der Waals surface area contributed by atoms with Crippen molar-refractivity contribution in [2.24, 2.45) is 14.1 Å². The number of amides is 1. The largest absolute Gasteiger partial charge is 0.372 e. The Balaban J connectivity index is 1.56. The van der Waals surface area contributed by atoms with Crippen molar-refractivity contribution >= 4 is 28.4 Å². The number of rotatable bonds is 4. The number of benzene rings is 1. The molecule has 1 saturated heterocycles. The van der Waals surface area contributed by atoms with Gasteiger partial charge < -0.3 is 14.8 Å². The molecule has 0 saturated carbocycles. The van der Waals surface area contributed by atoms with E-state index in [1.807, 2.05) is 19.1 Å². The van der Waals surface area contributed by atoms with Crippen LogP contribution in [0, 0.1) is 6.92 Å². The average Bonchev–Trinajstić information content (AvgIpc) is 3.36. The van der Waals surface area contributed by atoms with E-state index in [2.05, 4.69) is 21.3 Å². The number of imidazole rings is 1. The van der Waals surface area contributed by atoms with Gasteiger partial charge in [-0.05, 0) is 43.5 Å². The molecule has 1 fully saturated rings. The summed E-state index contributed by atoms with van der Waals surface area (Å²) in [5.41, 5.74) is 2.45. The highest BCUT2D eigenvalue weighted by atomic mass is 16.2. The molecule has 0 spiro atoms. The first-order valence-corrected chi connectivity index (χ1v) is 9.63. The van der Waals surface area contributed by atoms with Crippen LogP contribution in [0.2, 0.25) is 0 Å². The van der Waals surface area contributed by atoms with Gasteiger partial charge in [-0.25, -0.2) is 9.78 Å². The van der Waals surface area contributed by atoms with E-state index < -0.39 is 11.2 Å². The number of nitrogens with zero attached hydrogens (tertiary/aromatic N) is 5. The van der Waals surface area contributed by atoms with Crippen LogP contribution in [-0.2, 0) is 25.4 Å². The molecule has 1 N–H and O–H groups in total. The Morgan fingerprint density at radius 2 is 1.86 bits per heavy atom. The van der Waals surface area contributed by atoms with Gasteiger partial charge in [0, 0.05) is 38.6 Å². The molecule has 152 valence electrons. The zero-order valence-corrected chi connectivity index (χ0v) is 16.8. The van der Waals surface area contributed by atoms with Crippen molar-refractivity contribution in [2.75, 3.05) is 23.3 Å². The number of carbonyl (C=O) groups is 1. The van der Waals surface area contributed by atoms with E-state index in [0.29, 0.717) is 0 Å². The summed E-state index contributed by atoms with van der Waals surface area (Å²) in [5.74, 6) is -0.266. The lowest BCUT2D eigenvalue weighted by Gasteiger charge is -2.19. The third kappa shape index (κ3) is 3.32. The molecule has 29 heavy (non-hydrogen) atoms. The second-order valence-electron chi connectivity index (χ2n) is 7.49. The highest BCUT2D eigenvalue weighted by Crippen LogP contribution is 2.25. The van der Waals surface area contributed by atoms with E-state index in [0.717, 1.165) is 28.9 Å². The number of hydrogen-bond donors (Lipinski definition) is 1. The number of anilines is 2. The zero-order valence-electron chi connectivity index (χ0n) is 16.8. The molecule has 4 rings (SSSR count). The van der Waals surface area contributed by atoms with Gasteiger partial charge in [0.25, 0.3) is 5.56 Å². The lowest BCUT2D eigenvalue weighted by atomic mass is 10.1. The molecular formula is C20H24N6O3. The maximum Gasteiger partial charge on any atom is 0.332 e. The molecule has 1 aliphatic rings. The van der Waals surface area contributed by atoms with Crippen molar-refractivity contribution in [1.82, 2.24) is 18.7 Å². The maximum atomic E-state index is 12.6. The molecule has 2 aromatic heterocycles. The maximum absolute atomic E-state index is 12.6. The zero-order chi connectivity index (χ0) is 20.7. The van der Waals surface area contributed by atoms with Crippen LogP contribution >= 0.6 is 0 Å².